The van der Waals surface area contributed by atoms with Crippen molar-refractivity contribution in [2.45, 2.75) is 32.0 Å². The Morgan fingerprint density at radius 1 is 1.19 bits per heavy atom. The molecular formula is C20H23N3O3. The average molecular weight is 353 g/mol. The Morgan fingerprint density at radius 2 is 2.04 bits per heavy atom. The number of hydroxylamine groups is 1. The average Bonchev–Trinajstić information content (AvgIpc) is 3.12. The zero-order valence-corrected chi connectivity index (χ0v) is 14.6. The molecule has 0 aliphatic carbocycles. The highest BCUT2D eigenvalue weighted by atomic mass is 16.5. The molecule has 0 radical (unpaired) electrons. The highest BCUT2D eigenvalue weighted by Crippen LogP contribution is 2.38. The number of benzene rings is 2. The van der Waals surface area contributed by atoms with E-state index in [4.69, 9.17) is 9.94 Å². The number of nitrogens with one attached hydrogen (secondary N) is 2. The van der Waals surface area contributed by atoms with E-state index in [1.165, 1.54) is 37.9 Å². The Labute approximate surface area is 152 Å². The second-order valence-corrected chi connectivity index (χ2v) is 6.88. The van der Waals surface area contributed by atoms with Gasteiger partial charge in [-0.1, -0.05) is 24.6 Å². The van der Waals surface area contributed by atoms with Crippen LogP contribution in [0.1, 0.15) is 47.0 Å². The number of rotatable bonds is 4. The summed E-state index contributed by atoms with van der Waals surface area (Å²) >= 11 is 0. The molecule has 1 fully saturated rings. The third kappa shape index (κ3) is 3.52. The molecule has 2 heterocycles. The standard InChI is InChI=1S/C20H23N3O3/c24-19(22-25)15-7-8-18-17(12-15)21-20(26-18)16-6-4-5-14(11-16)13-23-9-2-1-3-10-23/h4-8,11-12,20-21,25H,1-3,9-10,13H2,(H,22,24). The summed E-state index contributed by atoms with van der Waals surface area (Å²) in [5, 5.41) is 12.1. The number of anilines is 1. The first-order valence-corrected chi connectivity index (χ1v) is 9.06. The Morgan fingerprint density at radius 3 is 2.85 bits per heavy atom. The van der Waals surface area contributed by atoms with Crippen LogP contribution >= 0.6 is 0 Å². The largest absolute Gasteiger partial charge is 0.464 e. The summed E-state index contributed by atoms with van der Waals surface area (Å²) < 4.78 is 5.99. The van der Waals surface area contributed by atoms with Crippen LogP contribution in [0.3, 0.4) is 0 Å². The molecular weight excluding hydrogens is 330 g/mol. The van der Waals surface area contributed by atoms with Crippen LogP contribution in [-0.2, 0) is 6.54 Å². The summed E-state index contributed by atoms with van der Waals surface area (Å²) in [4.78, 5) is 14.1. The van der Waals surface area contributed by atoms with Crippen molar-refractivity contribution >= 4 is 11.6 Å². The fourth-order valence-electron chi connectivity index (χ4n) is 3.63. The van der Waals surface area contributed by atoms with E-state index >= 15 is 0 Å². The van der Waals surface area contributed by atoms with Crippen molar-refractivity contribution in [2.75, 3.05) is 18.4 Å². The molecule has 0 saturated carbocycles. The van der Waals surface area contributed by atoms with Gasteiger partial charge in [0.05, 0.1) is 5.69 Å². The predicted octanol–water partition coefficient (Wildman–Crippen LogP) is 3.29. The van der Waals surface area contributed by atoms with Gasteiger partial charge in [0.2, 0.25) is 0 Å². The molecule has 0 aromatic heterocycles. The first kappa shape index (κ1) is 16.9. The summed E-state index contributed by atoms with van der Waals surface area (Å²) in [5.41, 5.74) is 5.12. The molecule has 2 aliphatic rings. The van der Waals surface area contributed by atoms with E-state index in [0.29, 0.717) is 11.3 Å². The molecule has 1 amide bonds. The van der Waals surface area contributed by atoms with Gasteiger partial charge in [-0.3, -0.25) is 14.9 Å². The molecule has 6 nitrogen and oxygen atoms in total. The van der Waals surface area contributed by atoms with Gasteiger partial charge in [0, 0.05) is 17.7 Å². The van der Waals surface area contributed by atoms with Gasteiger partial charge in [-0.05, 0) is 55.8 Å². The van der Waals surface area contributed by atoms with Gasteiger partial charge in [0.1, 0.15) is 5.75 Å². The van der Waals surface area contributed by atoms with Gasteiger partial charge >= 0.3 is 0 Å². The summed E-state index contributed by atoms with van der Waals surface area (Å²) in [7, 11) is 0. The minimum Gasteiger partial charge on any atom is -0.464 e. The summed E-state index contributed by atoms with van der Waals surface area (Å²) in [5.74, 6) is 0.160. The zero-order valence-electron chi connectivity index (χ0n) is 14.6. The maximum absolute atomic E-state index is 11.6. The van der Waals surface area contributed by atoms with Crippen LogP contribution in [0.4, 0.5) is 5.69 Å². The normalized spacial score (nSPS) is 19.3. The Hall–Kier alpha value is -2.57. The number of ether oxygens (including phenoxy) is 1. The number of carbonyl (C=O) groups is 1. The molecule has 3 N–H and O–H groups in total. The lowest BCUT2D eigenvalue weighted by molar-refractivity contribution is 0.0706. The maximum atomic E-state index is 11.6. The zero-order chi connectivity index (χ0) is 17.9. The number of carbonyl (C=O) groups excluding carboxylic acids is 1. The molecule has 1 unspecified atom stereocenters. The molecule has 2 aliphatic heterocycles. The van der Waals surface area contributed by atoms with E-state index in [9.17, 15) is 4.79 Å². The van der Waals surface area contributed by atoms with Crippen LogP contribution in [0.15, 0.2) is 42.5 Å². The predicted molar refractivity (Wildman–Crippen MR) is 98.3 cm³/mol. The maximum Gasteiger partial charge on any atom is 0.274 e. The van der Waals surface area contributed by atoms with Crippen molar-refractivity contribution in [3.05, 3.63) is 59.2 Å². The molecule has 26 heavy (non-hydrogen) atoms. The van der Waals surface area contributed by atoms with Crippen molar-refractivity contribution < 1.29 is 14.7 Å². The molecule has 4 rings (SSSR count). The van der Waals surface area contributed by atoms with Crippen molar-refractivity contribution in [3.63, 3.8) is 0 Å². The van der Waals surface area contributed by atoms with Gasteiger partial charge in [0.15, 0.2) is 6.23 Å². The number of likely N-dealkylation sites (tertiary alicyclic amines) is 1. The van der Waals surface area contributed by atoms with E-state index in [2.05, 4.69) is 28.4 Å². The number of amides is 1. The highest BCUT2D eigenvalue weighted by Gasteiger charge is 2.24. The second-order valence-electron chi connectivity index (χ2n) is 6.88. The van der Waals surface area contributed by atoms with E-state index in [1.807, 2.05) is 6.07 Å². The summed E-state index contributed by atoms with van der Waals surface area (Å²) in [6.07, 6.45) is 3.63. The Bertz CT molecular complexity index is 803. The molecule has 6 heteroatoms. The van der Waals surface area contributed by atoms with Crippen molar-refractivity contribution in [3.8, 4) is 5.75 Å². The molecule has 1 atom stereocenters. The third-order valence-electron chi connectivity index (χ3n) is 4.98. The number of hydrogen-bond acceptors (Lipinski definition) is 5. The smallest absolute Gasteiger partial charge is 0.274 e. The fourth-order valence-corrected chi connectivity index (χ4v) is 3.63. The minimum atomic E-state index is -0.540. The molecule has 0 spiro atoms. The fraction of sp³-hybridized carbons (Fsp3) is 0.350. The lowest BCUT2D eigenvalue weighted by Crippen LogP contribution is -2.29. The molecule has 136 valence electrons. The van der Waals surface area contributed by atoms with E-state index < -0.39 is 5.91 Å². The van der Waals surface area contributed by atoms with Crippen LogP contribution in [-0.4, -0.2) is 29.1 Å². The molecule has 1 saturated heterocycles. The number of piperidine rings is 1. The van der Waals surface area contributed by atoms with Gasteiger partial charge in [0.25, 0.3) is 5.91 Å². The van der Waals surface area contributed by atoms with Gasteiger partial charge in [-0.15, -0.1) is 0 Å². The van der Waals surface area contributed by atoms with Crippen molar-refractivity contribution in [1.29, 1.82) is 0 Å². The summed E-state index contributed by atoms with van der Waals surface area (Å²) in [6, 6.07) is 13.5. The third-order valence-corrected chi connectivity index (χ3v) is 4.98. The Balaban J connectivity index is 1.48. The van der Waals surface area contributed by atoms with Crippen LogP contribution in [0, 0.1) is 0 Å². The highest BCUT2D eigenvalue weighted by molar-refractivity contribution is 5.95. The monoisotopic (exact) mass is 353 g/mol. The molecule has 2 aromatic rings. The first-order valence-electron chi connectivity index (χ1n) is 9.06. The lowest BCUT2D eigenvalue weighted by Gasteiger charge is -2.26. The number of hydrogen-bond donors (Lipinski definition) is 3. The quantitative estimate of drug-likeness (QED) is 0.581. The first-order chi connectivity index (χ1) is 12.7. The van der Waals surface area contributed by atoms with Crippen LogP contribution in [0.2, 0.25) is 0 Å². The molecule has 2 aromatic carbocycles. The van der Waals surface area contributed by atoms with E-state index in [0.717, 1.165) is 17.8 Å². The van der Waals surface area contributed by atoms with E-state index in [1.54, 1.807) is 23.7 Å². The topological polar surface area (TPSA) is 73.8 Å². The van der Waals surface area contributed by atoms with E-state index in [-0.39, 0.29) is 6.23 Å². The minimum absolute atomic E-state index is 0.279. The van der Waals surface area contributed by atoms with Crippen molar-refractivity contribution in [1.82, 2.24) is 10.4 Å². The summed E-state index contributed by atoms with van der Waals surface area (Å²) in [6.45, 7) is 3.31. The van der Waals surface area contributed by atoms with Crippen LogP contribution in [0.5, 0.6) is 5.75 Å². The van der Waals surface area contributed by atoms with Gasteiger partial charge in [-0.25, -0.2) is 5.48 Å². The molecule has 0 bridgehead atoms. The lowest BCUT2D eigenvalue weighted by atomic mass is 10.1. The van der Waals surface area contributed by atoms with Gasteiger partial charge in [-0.2, -0.15) is 0 Å². The number of fused-ring (bicyclic) bond motifs is 1. The van der Waals surface area contributed by atoms with Crippen LogP contribution in [0.25, 0.3) is 0 Å². The van der Waals surface area contributed by atoms with Gasteiger partial charge < -0.3 is 10.1 Å². The SMILES string of the molecule is O=C(NO)c1ccc2c(c1)NC(c1cccc(CN3CCCCC3)c1)O2. The van der Waals surface area contributed by atoms with Crippen LogP contribution < -0.4 is 15.5 Å². The second kappa shape index (κ2) is 7.35. The Kier molecular flexibility index (Phi) is 4.77. The van der Waals surface area contributed by atoms with Crippen molar-refractivity contribution in [2.24, 2.45) is 0 Å². The number of nitrogens with zero attached hydrogens (tertiary/aromatic N) is 1.